The Labute approximate surface area is 399 Å². The number of hydrogen-bond acceptors (Lipinski definition) is 1. The first-order chi connectivity index (χ1) is 30.9. The normalized spacial score (nSPS) is 13.0. The Bertz CT molecular complexity index is 963. The van der Waals surface area contributed by atoms with Gasteiger partial charge in [-0.15, -0.1) is 0 Å². The molecule has 0 amide bonds. The van der Waals surface area contributed by atoms with Crippen LogP contribution in [0.5, 0.6) is 0 Å². The molecule has 63 heavy (non-hydrogen) atoms. The molecule has 1 aromatic heterocycles. The molecule has 0 aliphatic heterocycles. The molecule has 0 aliphatic carbocycles. The van der Waals surface area contributed by atoms with E-state index in [2.05, 4.69) is 74.8 Å². The molecule has 2 atom stereocenters. The summed E-state index contributed by atoms with van der Waals surface area (Å²) in [5.74, 6) is 2.69. The van der Waals surface area contributed by atoms with Crippen LogP contribution in [0.15, 0.2) is 18.7 Å². The second-order valence-corrected chi connectivity index (χ2v) is 22.0. The van der Waals surface area contributed by atoms with Gasteiger partial charge in [0.1, 0.15) is 12.4 Å². The van der Waals surface area contributed by atoms with Gasteiger partial charge in [-0.25, -0.2) is 9.13 Å². The van der Waals surface area contributed by atoms with Gasteiger partial charge in [-0.3, -0.25) is 0 Å². The number of imidazole rings is 1. The summed E-state index contributed by atoms with van der Waals surface area (Å²) in [6.07, 6.45) is 72.0. The lowest BCUT2D eigenvalue weighted by Gasteiger charge is -2.22. The second kappa shape index (κ2) is 47.7. The van der Waals surface area contributed by atoms with E-state index < -0.39 is 0 Å². The van der Waals surface area contributed by atoms with Gasteiger partial charge in [0.2, 0.25) is 6.33 Å². The van der Waals surface area contributed by atoms with E-state index in [4.69, 9.17) is 0 Å². The number of nitrogens with one attached hydrogen (secondary N) is 1. The number of aryl methyl sites for hydroxylation is 2. The number of rotatable bonds is 52. The molecule has 0 spiro atoms. The Morgan fingerprint density at radius 2 is 0.794 bits per heavy atom. The Morgan fingerprint density at radius 1 is 0.397 bits per heavy atom. The summed E-state index contributed by atoms with van der Waals surface area (Å²) in [5, 5.41) is 4.09. The van der Waals surface area contributed by atoms with Gasteiger partial charge in [0.05, 0.1) is 13.6 Å². The highest BCUT2D eigenvalue weighted by molar-refractivity contribution is 4.72. The lowest BCUT2D eigenvalue weighted by atomic mass is 9.88. The average Bonchev–Trinajstić information content (AvgIpc) is 3.69. The van der Waals surface area contributed by atoms with E-state index in [1.54, 1.807) is 0 Å². The first kappa shape index (κ1) is 60.2. The molecule has 3 heteroatoms. The van der Waals surface area contributed by atoms with Crippen molar-refractivity contribution in [2.75, 3.05) is 6.54 Å². The molecule has 2 unspecified atom stereocenters. The molecule has 0 aromatic carbocycles. The Morgan fingerprint density at radius 3 is 1.19 bits per heavy atom. The van der Waals surface area contributed by atoms with Crippen LogP contribution in [0, 0.1) is 17.8 Å². The molecule has 1 rings (SSSR count). The first-order valence-electron chi connectivity index (χ1n) is 29.7. The van der Waals surface area contributed by atoms with E-state index in [-0.39, 0.29) is 0 Å². The minimum atomic E-state index is 0.709. The van der Waals surface area contributed by atoms with Crippen LogP contribution in [-0.4, -0.2) is 17.2 Å². The van der Waals surface area contributed by atoms with Gasteiger partial charge in [0, 0.05) is 6.04 Å². The molecule has 0 saturated heterocycles. The zero-order valence-corrected chi connectivity index (χ0v) is 44.7. The zero-order chi connectivity index (χ0) is 45.5. The molecule has 0 aliphatic rings. The fraction of sp³-hybridized carbons (Fsp3) is 0.950. The third kappa shape index (κ3) is 43.5. The van der Waals surface area contributed by atoms with E-state index in [1.165, 1.54) is 295 Å². The topological polar surface area (TPSA) is 20.8 Å². The smallest absolute Gasteiger partial charge is 0.243 e. The van der Waals surface area contributed by atoms with Crippen molar-refractivity contribution in [2.24, 2.45) is 24.8 Å². The van der Waals surface area contributed by atoms with Crippen molar-refractivity contribution in [3.05, 3.63) is 18.7 Å². The third-order valence-electron chi connectivity index (χ3n) is 14.9. The summed E-state index contributed by atoms with van der Waals surface area (Å²) in [5.41, 5.74) is 0. The molecule has 0 fully saturated rings. The quantitative estimate of drug-likeness (QED) is 0.0511. The molecule has 0 saturated carbocycles. The summed E-state index contributed by atoms with van der Waals surface area (Å²) in [6, 6.07) is 0.709. The zero-order valence-electron chi connectivity index (χ0n) is 44.7. The van der Waals surface area contributed by atoms with Crippen LogP contribution in [0.2, 0.25) is 0 Å². The summed E-state index contributed by atoms with van der Waals surface area (Å²) in [7, 11) is 2.12. The number of aromatic nitrogens is 2. The third-order valence-corrected chi connectivity index (χ3v) is 14.9. The fourth-order valence-corrected chi connectivity index (χ4v) is 10.4. The van der Waals surface area contributed by atoms with E-state index in [0.717, 1.165) is 24.3 Å². The molecule has 0 bridgehead atoms. The summed E-state index contributed by atoms with van der Waals surface area (Å²) < 4.78 is 4.50. The minimum Gasteiger partial charge on any atom is -0.314 e. The maximum absolute atomic E-state index is 4.09. The summed E-state index contributed by atoms with van der Waals surface area (Å²) >= 11 is 0. The highest BCUT2D eigenvalue weighted by Crippen LogP contribution is 2.26. The van der Waals surface area contributed by atoms with Crippen LogP contribution in [0.3, 0.4) is 0 Å². The maximum Gasteiger partial charge on any atom is 0.243 e. The lowest BCUT2D eigenvalue weighted by molar-refractivity contribution is -0.671. The van der Waals surface area contributed by atoms with Crippen LogP contribution in [0.4, 0.5) is 0 Å². The molecular weight excluding hydrogens is 763 g/mol. The van der Waals surface area contributed by atoms with E-state index in [1.807, 2.05) is 0 Å². The van der Waals surface area contributed by atoms with Gasteiger partial charge in [0.15, 0.2) is 0 Å². The van der Waals surface area contributed by atoms with E-state index in [0.29, 0.717) is 6.04 Å². The largest absolute Gasteiger partial charge is 0.314 e. The number of unbranched alkanes of at least 4 members (excludes halogenated alkanes) is 32. The fourth-order valence-electron chi connectivity index (χ4n) is 10.4. The molecular formula is C60H120N3+. The van der Waals surface area contributed by atoms with Gasteiger partial charge < -0.3 is 5.32 Å². The van der Waals surface area contributed by atoms with Crippen molar-refractivity contribution in [3.8, 4) is 0 Å². The van der Waals surface area contributed by atoms with Crippen LogP contribution in [-0.2, 0) is 13.6 Å². The molecule has 0 radical (unpaired) electrons. The van der Waals surface area contributed by atoms with Crippen molar-refractivity contribution in [2.45, 2.75) is 336 Å². The summed E-state index contributed by atoms with van der Waals surface area (Å²) in [4.78, 5) is 0. The van der Waals surface area contributed by atoms with Crippen molar-refractivity contribution < 1.29 is 4.57 Å². The van der Waals surface area contributed by atoms with Crippen LogP contribution in [0.25, 0.3) is 0 Å². The number of nitrogens with zero attached hydrogens (tertiary/aromatic N) is 2. The van der Waals surface area contributed by atoms with Crippen LogP contribution >= 0.6 is 0 Å². The van der Waals surface area contributed by atoms with Gasteiger partial charge >= 0.3 is 0 Å². The monoisotopic (exact) mass is 883 g/mol. The highest BCUT2D eigenvalue weighted by atomic mass is 15.1. The predicted octanol–water partition coefficient (Wildman–Crippen LogP) is 19.8. The van der Waals surface area contributed by atoms with Gasteiger partial charge in [-0.05, 0) is 56.4 Å². The Hall–Kier alpha value is -0.830. The first-order valence-corrected chi connectivity index (χ1v) is 29.7. The molecule has 374 valence electrons. The van der Waals surface area contributed by atoms with Crippen LogP contribution in [0.1, 0.15) is 324 Å². The molecule has 1 heterocycles. The molecule has 1 aromatic rings. The Balaban J connectivity index is 2.41. The van der Waals surface area contributed by atoms with Crippen molar-refractivity contribution in [1.29, 1.82) is 0 Å². The molecule has 1 N–H and O–H groups in total. The number of hydrogen-bond donors (Lipinski definition) is 1. The van der Waals surface area contributed by atoms with Crippen molar-refractivity contribution in [3.63, 3.8) is 0 Å². The van der Waals surface area contributed by atoms with Crippen molar-refractivity contribution >= 4 is 0 Å². The van der Waals surface area contributed by atoms with Crippen molar-refractivity contribution in [1.82, 2.24) is 9.88 Å². The van der Waals surface area contributed by atoms with Gasteiger partial charge in [-0.2, -0.15) is 0 Å². The molecule has 3 nitrogen and oxygen atoms in total. The second-order valence-electron chi connectivity index (χ2n) is 22.0. The SMILES string of the molecule is CCCCCCCCCCCCCCCCCCC(CCCCCCCCCCCCCCCCCC)CCCCC(CCC(C)CCCC(C)C)NCCCCn1cc[n+](C)c1. The lowest BCUT2D eigenvalue weighted by Crippen LogP contribution is -2.30. The van der Waals surface area contributed by atoms with Gasteiger partial charge in [-0.1, -0.05) is 291 Å². The Kier molecular flexibility index (Phi) is 45.5. The predicted molar refractivity (Wildman–Crippen MR) is 284 cm³/mol. The highest BCUT2D eigenvalue weighted by Gasteiger charge is 2.14. The average molecular weight is 884 g/mol. The summed E-state index contributed by atoms with van der Waals surface area (Å²) in [6.45, 7) is 14.3. The van der Waals surface area contributed by atoms with Crippen LogP contribution < -0.4 is 9.88 Å². The van der Waals surface area contributed by atoms with Gasteiger partial charge in [0.25, 0.3) is 0 Å². The van der Waals surface area contributed by atoms with E-state index in [9.17, 15) is 0 Å². The maximum atomic E-state index is 4.09. The standard InChI is InChI=1S/C60H120N3/c1-7-9-11-13-15-17-19-21-23-25-27-29-31-33-35-37-46-59(47-38-36-34-32-30-28-26-24-22-20-18-16-14-12-10-8-2)48-39-40-49-60(51-50-58(5)45-43-44-57(3)4)61-52-41-42-53-63-55-54-62(6)56-63/h54-61H,7-53H2,1-6H3/q+1. The van der Waals surface area contributed by atoms with E-state index >= 15 is 0 Å². The minimum absolute atomic E-state index is 0.709.